The van der Waals surface area contributed by atoms with E-state index in [4.69, 9.17) is 9.47 Å². The third-order valence-electron chi connectivity index (χ3n) is 6.60. The lowest BCUT2D eigenvalue weighted by Gasteiger charge is -2.57. The maximum Gasteiger partial charge on any atom is 0.165 e. The van der Waals surface area contributed by atoms with Crippen molar-refractivity contribution >= 4 is 6.72 Å². The lowest BCUT2D eigenvalue weighted by atomic mass is 9.51. The SMILES string of the molecule is C=N[C@@H]1CC[C@@]2(OC)CCc3ccc(O)c4c3[C@@]2(CCNC)[C@H]1O4. The minimum atomic E-state index is -0.281. The molecule has 4 atom stereocenters. The van der Waals surface area contributed by atoms with Gasteiger partial charge in [0, 0.05) is 12.7 Å². The molecule has 0 amide bonds. The monoisotopic (exact) mass is 330 g/mol. The zero-order chi connectivity index (χ0) is 16.9. The third-order valence-corrected chi connectivity index (χ3v) is 6.60. The molecule has 130 valence electrons. The van der Waals surface area contributed by atoms with E-state index < -0.39 is 0 Å². The smallest absolute Gasteiger partial charge is 0.165 e. The fourth-order valence-electron chi connectivity index (χ4n) is 5.52. The largest absolute Gasteiger partial charge is 0.504 e. The highest BCUT2D eigenvalue weighted by molar-refractivity contribution is 5.61. The summed E-state index contributed by atoms with van der Waals surface area (Å²) in [5.41, 5.74) is 1.89. The second-order valence-corrected chi connectivity index (χ2v) is 7.30. The molecule has 0 aromatic heterocycles. The molecule has 0 radical (unpaired) electrons. The van der Waals surface area contributed by atoms with E-state index in [1.807, 2.05) is 20.2 Å². The van der Waals surface area contributed by atoms with E-state index >= 15 is 0 Å². The molecule has 2 aliphatic carbocycles. The van der Waals surface area contributed by atoms with E-state index in [2.05, 4.69) is 17.0 Å². The number of phenolic OH excluding ortho intramolecular Hbond substituents is 1. The van der Waals surface area contributed by atoms with Crippen LogP contribution in [0.15, 0.2) is 17.1 Å². The van der Waals surface area contributed by atoms with Gasteiger partial charge in [-0.25, -0.2) is 0 Å². The van der Waals surface area contributed by atoms with Gasteiger partial charge in [-0.3, -0.25) is 4.99 Å². The van der Waals surface area contributed by atoms with Gasteiger partial charge in [0.2, 0.25) is 0 Å². The quantitative estimate of drug-likeness (QED) is 0.813. The molecule has 5 heteroatoms. The Morgan fingerprint density at radius 3 is 3.00 bits per heavy atom. The summed E-state index contributed by atoms with van der Waals surface area (Å²) in [6.07, 6.45) is 4.57. The van der Waals surface area contributed by atoms with Gasteiger partial charge >= 0.3 is 0 Å². The van der Waals surface area contributed by atoms with Crippen molar-refractivity contribution in [3.8, 4) is 11.5 Å². The number of aromatic hydroxyl groups is 1. The lowest BCUT2D eigenvalue weighted by Crippen LogP contribution is -2.66. The zero-order valence-electron chi connectivity index (χ0n) is 14.5. The molecule has 1 saturated carbocycles. The van der Waals surface area contributed by atoms with Crippen LogP contribution in [-0.4, -0.2) is 50.3 Å². The van der Waals surface area contributed by atoms with Gasteiger partial charge in [0.25, 0.3) is 0 Å². The summed E-state index contributed by atoms with van der Waals surface area (Å²) in [7, 11) is 3.80. The molecule has 2 N–H and O–H groups in total. The first-order valence-electron chi connectivity index (χ1n) is 8.81. The lowest BCUT2D eigenvalue weighted by molar-refractivity contribution is -0.145. The predicted octanol–water partition coefficient (Wildman–Crippen LogP) is 2.19. The Kier molecular flexibility index (Phi) is 3.62. The Hall–Kier alpha value is -1.59. The standard InChI is InChI=1S/C19H26N2O3/c1-20-11-10-19-15-12-4-5-14(22)16(15)24-17(19)13(21-2)7-9-18(19,23-3)8-6-12/h4-5,13,17,20,22H,2,6-11H2,1,3H3/t13-,17+,18+,19+/m1/s1. The topological polar surface area (TPSA) is 63.1 Å². The first-order chi connectivity index (χ1) is 11.6. The van der Waals surface area contributed by atoms with Gasteiger partial charge in [-0.15, -0.1) is 0 Å². The maximum absolute atomic E-state index is 10.4. The van der Waals surface area contributed by atoms with Crippen molar-refractivity contribution in [2.75, 3.05) is 20.7 Å². The fraction of sp³-hybridized carbons (Fsp3) is 0.632. The first kappa shape index (κ1) is 15.9. The van der Waals surface area contributed by atoms with E-state index in [9.17, 15) is 5.11 Å². The maximum atomic E-state index is 10.4. The molecule has 3 aliphatic rings. The van der Waals surface area contributed by atoms with Gasteiger partial charge in [-0.1, -0.05) is 6.07 Å². The van der Waals surface area contributed by atoms with Gasteiger partial charge in [-0.2, -0.15) is 0 Å². The summed E-state index contributed by atoms with van der Waals surface area (Å²) in [4.78, 5) is 4.38. The van der Waals surface area contributed by atoms with Crippen molar-refractivity contribution in [2.45, 2.75) is 55.3 Å². The van der Waals surface area contributed by atoms with Crippen LogP contribution in [0.5, 0.6) is 11.5 Å². The van der Waals surface area contributed by atoms with E-state index in [1.54, 1.807) is 6.07 Å². The predicted molar refractivity (Wildman–Crippen MR) is 93.4 cm³/mol. The van der Waals surface area contributed by atoms with Crippen LogP contribution < -0.4 is 10.1 Å². The van der Waals surface area contributed by atoms with Crippen molar-refractivity contribution in [1.29, 1.82) is 0 Å². The minimum absolute atomic E-state index is 0.0304. The van der Waals surface area contributed by atoms with Crippen LogP contribution in [0, 0.1) is 0 Å². The molecule has 1 aromatic carbocycles. The second-order valence-electron chi connectivity index (χ2n) is 7.30. The summed E-state index contributed by atoms with van der Waals surface area (Å²) >= 11 is 0. The summed E-state index contributed by atoms with van der Waals surface area (Å²) < 4.78 is 12.6. The van der Waals surface area contributed by atoms with E-state index in [0.29, 0.717) is 5.75 Å². The van der Waals surface area contributed by atoms with Gasteiger partial charge in [-0.05, 0) is 64.0 Å². The van der Waals surface area contributed by atoms with E-state index in [0.717, 1.165) is 44.2 Å². The molecule has 1 aromatic rings. The Morgan fingerprint density at radius 2 is 2.29 bits per heavy atom. The van der Waals surface area contributed by atoms with Crippen LogP contribution in [0.25, 0.3) is 0 Å². The van der Waals surface area contributed by atoms with Crippen molar-refractivity contribution in [3.63, 3.8) is 0 Å². The molecule has 24 heavy (non-hydrogen) atoms. The first-order valence-corrected chi connectivity index (χ1v) is 8.81. The van der Waals surface area contributed by atoms with Crippen molar-refractivity contribution in [1.82, 2.24) is 5.32 Å². The number of methoxy groups -OCH3 is 1. The van der Waals surface area contributed by atoms with Crippen LogP contribution in [0.1, 0.15) is 36.8 Å². The number of hydrogen-bond donors (Lipinski definition) is 2. The normalized spacial score (nSPS) is 36.1. The highest BCUT2D eigenvalue weighted by Crippen LogP contribution is 2.64. The highest BCUT2D eigenvalue weighted by Gasteiger charge is 2.68. The van der Waals surface area contributed by atoms with Gasteiger partial charge < -0.3 is 19.9 Å². The summed E-state index contributed by atoms with van der Waals surface area (Å²) in [5.74, 6) is 0.868. The summed E-state index contributed by atoms with van der Waals surface area (Å²) in [6, 6.07) is 3.83. The number of benzene rings is 1. The van der Waals surface area contributed by atoms with Crippen LogP contribution in [0.3, 0.4) is 0 Å². The number of nitrogens with zero attached hydrogens (tertiary/aromatic N) is 1. The fourth-order valence-corrected chi connectivity index (χ4v) is 5.52. The van der Waals surface area contributed by atoms with Gasteiger partial charge in [0.15, 0.2) is 11.5 Å². The molecule has 5 nitrogen and oxygen atoms in total. The average Bonchev–Trinajstić information content (AvgIpc) is 2.97. The second kappa shape index (κ2) is 5.46. The Bertz CT molecular complexity index is 677. The molecule has 0 bridgehead atoms. The minimum Gasteiger partial charge on any atom is -0.504 e. The molecule has 4 rings (SSSR count). The molecular weight excluding hydrogens is 304 g/mol. The Labute approximate surface area is 143 Å². The molecule has 1 heterocycles. The van der Waals surface area contributed by atoms with Crippen molar-refractivity contribution < 1.29 is 14.6 Å². The van der Waals surface area contributed by atoms with Gasteiger partial charge in [0.05, 0.1) is 17.1 Å². The summed E-state index contributed by atoms with van der Waals surface area (Å²) in [6.45, 7) is 4.67. The van der Waals surface area contributed by atoms with Crippen molar-refractivity contribution in [3.05, 3.63) is 23.3 Å². The average molecular weight is 330 g/mol. The highest BCUT2D eigenvalue weighted by atomic mass is 16.5. The molecule has 0 unspecified atom stereocenters. The molecular formula is C19H26N2O3. The summed E-state index contributed by atoms with van der Waals surface area (Å²) in [5, 5.41) is 13.7. The number of aryl methyl sites for hydroxylation is 1. The van der Waals surface area contributed by atoms with Crippen LogP contribution in [-0.2, 0) is 16.6 Å². The number of phenols is 1. The number of ether oxygens (including phenoxy) is 2. The molecule has 0 spiro atoms. The van der Waals surface area contributed by atoms with Crippen molar-refractivity contribution in [2.24, 2.45) is 4.99 Å². The number of aliphatic imine (C=N–C) groups is 1. The van der Waals surface area contributed by atoms with E-state index in [-0.39, 0.29) is 28.9 Å². The number of hydrogen-bond acceptors (Lipinski definition) is 5. The molecule has 1 fully saturated rings. The van der Waals surface area contributed by atoms with Gasteiger partial charge in [0.1, 0.15) is 6.10 Å². The molecule has 1 aliphatic heterocycles. The zero-order valence-corrected chi connectivity index (χ0v) is 14.5. The Balaban J connectivity index is 1.99. The van der Waals surface area contributed by atoms with Crippen LogP contribution >= 0.6 is 0 Å². The third kappa shape index (κ3) is 1.74. The Morgan fingerprint density at radius 1 is 1.46 bits per heavy atom. The van der Waals surface area contributed by atoms with Crippen LogP contribution in [0.2, 0.25) is 0 Å². The number of rotatable bonds is 5. The number of nitrogens with one attached hydrogen (secondary N) is 1. The molecule has 0 saturated heterocycles. The van der Waals surface area contributed by atoms with E-state index in [1.165, 1.54) is 5.56 Å². The van der Waals surface area contributed by atoms with Crippen LogP contribution in [0.4, 0.5) is 0 Å².